The molecule has 0 amide bonds. The van der Waals surface area contributed by atoms with E-state index in [1.54, 1.807) is 0 Å². The fourth-order valence-corrected chi connectivity index (χ4v) is 1.06. The minimum atomic E-state index is 0.584. The Labute approximate surface area is 76.8 Å². The number of rotatable bonds is 4. The van der Waals surface area contributed by atoms with Gasteiger partial charge in [-0.1, -0.05) is 26.5 Å². The summed E-state index contributed by atoms with van der Waals surface area (Å²) in [5, 5.41) is 0. The summed E-state index contributed by atoms with van der Waals surface area (Å²) >= 11 is 0. The summed E-state index contributed by atoms with van der Waals surface area (Å²) in [7, 11) is 2.12. The van der Waals surface area contributed by atoms with Crippen molar-refractivity contribution >= 4 is 0 Å². The van der Waals surface area contributed by atoms with Gasteiger partial charge in [-0.2, -0.15) is 0 Å². The minimum absolute atomic E-state index is 0.584. The van der Waals surface area contributed by atoms with Gasteiger partial charge in [-0.05, 0) is 25.8 Å². The second kappa shape index (κ2) is 5.02. The molecule has 0 radical (unpaired) electrons. The topological polar surface area (TPSA) is 3.24 Å². The highest BCUT2D eigenvalue weighted by Crippen LogP contribution is 2.13. The van der Waals surface area contributed by atoms with Crippen LogP contribution in [0.25, 0.3) is 0 Å². The van der Waals surface area contributed by atoms with Gasteiger partial charge in [0.15, 0.2) is 0 Å². The molecule has 1 nitrogen and oxygen atoms in total. The molecular formula is C11H21N. The van der Waals surface area contributed by atoms with E-state index in [-0.39, 0.29) is 0 Å². The van der Waals surface area contributed by atoms with Gasteiger partial charge < -0.3 is 4.90 Å². The van der Waals surface area contributed by atoms with Crippen molar-refractivity contribution in [2.45, 2.75) is 33.7 Å². The molecule has 0 fully saturated rings. The van der Waals surface area contributed by atoms with E-state index >= 15 is 0 Å². The van der Waals surface area contributed by atoms with E-state index in [1.165, 1.54) is 5.70 Å². The maximum Gasteiger partial charge on any atom is 0.0278 e. The lowest BCUT2D eigenvalue weighted by Gasteiger charge is -2.30. The Bertz CT molecular complexity index is 168. The van der Waals surface area contributed by atoms with Crippen LogP contribution in [-0.4, -0.2) is 18.0 Å². The summed E-state index contributed by atoms with van der Waals surface area (Å²) in [4.78, 5) is 2.28. The number of hydrogen-bond acceptors (Lipinski definition) is 1. The van der Waals surface area contributed by atoms with Gasteiger partial charge in [-0.25, -0.2) is 0 Å². The highest BCUT2D eigenvalue weighted by molar-refractivity contribution is 5.07. The summed E-state index contributed by atoms with van der Waals surface area (Å²) in [6, 6.07) is 0.584. The molecule has 0 aromatic rings. The van der Waals surface area contributed by atoms with Gasteiger partial charge in [0, 0.05) is 18.8 Å². The molecule has 0 aliphatic heterocycles. The van der Waals surface area contributed by atoms with Crippen LogP contribution in [0, 0.1) is 5.92 Å². The van der Waals surface area contributed by atoms with Gasteiger partial charge in [0.05, 0.1) is 0 Å². The van der Waals surface area contributed by atoms with Crippen LogP contribution in [0.3, 0.4) is 0 Å². The number of nitrogens with zero attached hydrogens (tertiary/aromatic N) is 1. The van der Waals surface area contributed by atoms with Crippen molar-refractivity contribution < 1.29 is 0 Å². The Hall–Kier alpha value is -0.720. The molecule has 0 spiro atoms. The summed E-state index contributed by atoms with van der Waals surface area (Å²) in [5.41, 5.74) is 1.27. The number of allylic oxidation sites excluding steroid dienone is 3. The predicted molar refractivity (Wildman–Crippen MR) is 56.0 cm³/mol. The maximum atomic E-state index is 3.68. The van der Waals surface area contributed by atoms with Crippen LogP contribution < -0.4 is 0 Å². The molecule has 0 aliphatic rings. The first-order valence-corrected chi connectivity index (χ1v) is 4.52. The Morgan fingerprint density at radius 2 is 1.83 bits per heavy atom. The van der Waals surface area contributed by atoms with E-state index in [0.29, 0.717) is 12.0 Å². The Balaban J connectivity index is 4.27. The van der Waals surface area contributed by atoms with Crippen LogP contribution in [0.2, 0.25) is 0 Å². The molecular weight excluding hydrogens is 146 g/mol. The van der Waals surface area contributed by atoms with E-state index in [0.717, 1.165) is 0 Å². The molecule has 1 unspecified atom stereocenters. The second-order valence-electron chi connectivity index (χ2n) is 3.64. The summed E-state index contributed by atoms with van der Waals surface area (Å²) in [6.45, 7) is 12.5. The van der Waals surface area contributed by atoms with Crippen LogP contribution in [0.4, 0.5) is 0 Å². The molecule has 0 N–H and O–H groups in total. The van der Waals surface area contributed by atoms with Crippen LogP contribution >= 0.6 is 0 Å². The summed E-state index contributed by atoms with van der Waals surface area (Å²) in [6.07, 6.45) is 3.87. The zero-order valence-corrected chi connectivity index (χ0v) is 8.96. The average Bonchev–Trinajstić information content (AvgIpc) is 2.02. The predicted octanol–water partition coefficient (Wildman–Crippen LogP) is 3.05. The lowest BCUT2D eigenvalue weighted by molar-refractivity contribution is 0.259. The summed E-state index contributed by atoms with van der Waals surface area (Å²) < 4.78 is 0. The first-order chi connectivity index (χ1) is 5.50. The monoisotopic (exact) mass is 167 g/mol. The minimum Gasteiger partial charge on any atom is -0.375 e. The van der Waals surface area contributed by atoms with Crippen molar-refractivity contribution in [1.29, 1.82) is 0 Å². The fourth-order valence-electron chi connectivity index (χ4n) is 1.06. The molecule has 0 aromatic heterocycles. The maximum absolute atomic E-state index is 3.68. The molecule has 0 bridgehead atoms. The molecule has 0 aliphatic carbocycles. The first-order valence-electron chi connectivity index (χ1n) is 4.52. The Kier molecular flexibility index (Phi) is 4.72. The Morgan fingerprint density at radius 3 is 2.17 bits per heavy atom. The molecule has 0 heterocycles. The lowest BCUT2D eigenvalue weighted by Crippen LogP contribution is -2.31. The summed E-state index contributed by atoms with van der Waals surface area (Å²) in [5.74, 6) is 0.683. The SMILES string of the molecule is C=C/C=C(\C)N(C)C(C)C(C)C. The zero-order valence-electron chi connectivity index (χ0n) is 8.96. The van der Waals surface area contributed by atoms with Crippen LogP contribution in [0.1, 0.15) is 27.7 Å². The third-order valence-corrected chi connectivity index (χ3v) is 2.49. The molecule has 0 saturated heterocycles. The molecule has 0 saturated carbocycles. The molecule has 1 heteroatoms. The van der Waals surface area contributed by atoms with Gasteiger partial charge in [-0.15, -0.1) is 0 Å². The van der Waals surface area contributed by atoms with Crippen LogP contribution in [0.15, 0.2) is 24.4 Å². The molecule has 70 valence electrons. The lowest BCUT2D eigenvalue weighted by atomic mass is 10.0. The largest absolute Gasteiger partial charge is 0.375 e. The molecule has 0 aromatic carbocycles. The van der Waals surface area contributed by atoms with Gasteiger partial charge in [0.1, 0.15) is 0 Å². The molecule has 0 rings (SSSR count). The average molecular weight is 167 g/mol. The second-order valence-corrected chi connectivity index (χ2v) is 3.64. The standard InChI is InChI=1S/C11H21N/c1-7-8-10(4)12(6)11(5)9(2)3/h7-9,11H,1H2,2-6H3/b10-8+. The third kappa shape index (κ3) is 3.12. The van der Waals surface area contributed by atoms with Crippen molar-refractivity contribution in [2.75, 3.05) is 7.05 Å². The van der Waals surface area contributed by atoms with Crippen LogP contribution in [-0.2, 0) is 0 Å². The molecule has 1 atom stereocenters. The van der Waals surface area contributed by atoms with E-state index in [9.17, 15) is 0 Å². The van der Waals surface area contributed by atoms with E-state index in [4.69, 9.17) is 0 Å². The van der Waals surface area contributed by atoms with Crippen molar-refractivity contribution in [3.05, 3.63) is 24.4 Å². The van der Waals surface area contributed by atoms with E-state index in [1.807, 2.05) is 12.2 Å². The van der Waals surface area contributed by atoms with E-state index in [2.05, 4.69) is 46.2 Å². The van der Waals surface area contributed by atoms with Crippen molar-refractivity contribution in [3.8, 4) is 0 Å². The van der Waals surface area contributed by atoms with Crippen molar-refractivity contribution in [2.24, 2.45) is 5.92 Å². The van der Waals surface area contributed by atoms with Crippen molar-refractivity contribution in [3.63, 3.8) is 0 Å². The Morgan fingerprint density at radius 1 is 1.33 bits per heavy atom. The van der Waals surface area contributed by atoms with Crippen LogP contribution in [0.5, 0.6) is 0 Å². The molecule has 12 heavy (non-hydrogen) atoms. The third-order valence-electron chi connectivity index (χ3n) is 2.49. The van der Waals surface area contributed by atoms with E-state index < -0.39 is 0 Å². The van der Waals surface area contributed by atoms with Gasteiger partial charge in [0.2, 0.25) is 0 Å². The normalized spacial score (nSPS) is 14.7. The zero-order chi connectivity index (χ0) is 9.72. The highest BCUT2D eigenvalue weighted by Gasteiger charge is 2.12. The van der Waals surface area contributed by atoms with Crippen molar-refractivity contribution in [1.82, 2.24) is 4.90 Å². The number of hydrogen-bond donors (Lipinski definition) is 0. The fraction of sp³-hybridized carbons (Fsp3) is 0.636. The van der Waals surface area contributed by atoms with Gasteiger partial charge >= 0.3 is 0 Å². The van der Waals surface area contributed by atoms with Gasteiger partial charge in [0.25, 0.3) is 0 Å². The highest BCUT2D eigenvalue weighted by atomic mass is 15.1. The quantitative estimate of drug-likeness (QED) is 0.582. The smallest absolute Gasteiger partial charge is 0.0278 e. The van der Waals surface area contributed by atoms with Gasteiger partial charge in [-0.3, -0.25) is 0 Å². The first kappa shape index (κ1) is 11.3.